The molecule has 3 atom stereocenters. The molecule has 37 heavy (non-hydrogen) atoms. The van der Waals surface area contributed by atoms with Crippen LogP contribution in [0.25, 0.3) is 0 Å². The van der Waals surface area contributed by atoms with E-state index in [1.54, 1.807) is 14.2 Å². The van der Waals surface area contributed by atoms with Crippen molar-refractivity contribution in [3.8, 4) is 11.5 Å². The Balaban J connectivity index is 1.58. The summed E-state index contributed by atoms with van der Waals surface area (Å²) in [6.45, 7) is 5.58. The molecule has 0 amide bonds. The van der Waals surface area contributed by atoms with Gasteiger partial charge in [-0.15, -0.1) is 0 Å². The van der Waals surface area contributed by atoms with E-state index >= 15 is 0 Å². The fraction of sp³-hybridized carbons (Fsp3) is 0.643. The first-order valence-electron chi connectivity index (χ1n) is 13.2. The van der Waals surface area contributed by atoms with Crippen LogP contribution in [0.15, 0.2) is 27.8 Å². The quantitative estimate of drug-likeness (QED) is 0.214. The first kappa shape index (κ1) is 28.9. The summed E-state index contributed by atoms with van der Waals surface area (Å²) in [6.07, 6.45) is 3.35. The lowest BCUT2D eigenvalue weighted by Crippen LogP contribution is -2.45. The molecule has 0 aliphatic heterocycles. The third-order valence-corrected chi connectivity index (χ3v) is 7.31. The summed E-state index contributed by atoms with van der Waals surface area (Å²) in [5, 5.41) is 13.8. The van der Waals surface area contributed by atoms with E-state index in [0.717, 1.165) is 31.2 Å². The van der Waals surface area contributed by atoms with Crippen molar-refractivity contribution in [2.75, 3.05) is 51.2 Å². The Hall–Kier alpha value is -2.62. The van der Waals surface area contributed by atoms with E-state index in [4.69, 9.17) is 19.9 Å². The van der Waals surface area contributed by atoms with Gasteiger partial charge >= 0.3 is 0 Å². The maximum Gasteiger partial charge on any atom is 0.253 e. The molecule has 0 spiro atoms. The van der Waals surface area contributed by atoms with Crippen molar-refractivity contribution in [3.63, 3.8) is 0 Å². The Morgan fingerprint density at radius 2 is 1.86 bits per heavy atom. The first-order valence-corrected chi connectivity index (χ1v) is 13.2. The molecule has 1 fully saturated rings. The van der Waals surface area contributed by atoms with Crippen molar-refractivity contribution in [2.45, 2.75) is 64.1 Å². The molecule has 0 heterocycles. The molecule has 2 aromatic carbocycles. The predicted molar refractivity (Wildman–Crippen MR) is 147 cm³/mol. The second kappa shape index (κ2) is 13.3. The molecule has 0 radical (unpaired) electrons. The molecule has 1 aliphatic rings. The lowest BCUT2D eigenvalue weighted by molar-refractivity contribution is 0.137. The van der Waals surface area contributed by atoms with Gasteiger partial charge in [-0.3, -0.25) is 9.59 Å². The van der Waals surface area contributed by atoms with Crippen LogP contribution >= 0.6 is 0 Å². The molecule has 0 saturated heterocycles. The van der Waals surface area contributed by atoms with Crippen molar-refractivity contribution in [2.24, 2.45) is 17.6 Å². The van der Waals surface area contributed by atoms with Crippen molar-refractivity contribution < 1.29 is 19.3 Å². The number of hydrogen-bond acceptors (Lipinski definition) is 9. The lowest BCUT2D eigenvalue weighted by atomic mass is 9.83. The number of hydrogen-bond donors (Lipinski definition) is 3. The fourth-order valence-corrected chi connectivity index (χ4v) is 4.63. The minimum Gasteiger partial charge on any atom is -0.493 e. The number of methoxy groups -OCH3 is 2. The molecule has 0 aromatic heterocycles. The molecular formula is C28H43N3O6. The van der Waals surface area contributed by atoms with E-state index in [1.807, 2.05) is 30.1 Å². The monoisotopic (exact) mass is 517 g/mol. The largest absolute Gasteiger partial charge is 0.493 e. The normalized spacial score (nSPS) is 16.0. The summed E-state index contributed by atoms with van der Waals surface area (Å²) in [7, 11) is 5.13. The van der Waals surface area contributed by atoms with Gasteiger partial charge < -0.3 is 35.3 Å². The van der Waals surface area contributed by atoms with Crippen molar-refractivity contribution in [1.82, 2.24) is 0 Å². The van der Waals surface area contributed by atoms with Gasteiger partial charge in [0.15, 0.2) is 11.5 Å². The number of nitrogens with zero attached hydrogens (tertiary/aromatic N) is 1. The van der Waals surface area contributed by atoms with Gasteiger partial charge in [-0.1, -0.05) is 19.9 Å². The number of nitrogens with one attached hydrogen (secondary N) is 1. The zero-order valence-corrected chi connectivity index (χ0v) is 22.8. The lowest BCUT2D eigenvalue weighted by Gasteiger charge is -2.28. The minimum absolute atomic E-state index is 0.115. The maximum absolute atomic E-state index is 12.1. The van der Waals surface area contributed by atoms with Crippen molar-refractivity contribution in [1.29, 1.82) is 0 Å². The Kier molecular flexibility index (Phi) is 10.4. The summed E-state index contributed by atoms with van der Waals surface area (Å²) < 4.78 is 16.5. The summed E-state index contributed by atoms with van der Waals surface area (Å²) in [5.74, 6) is 1.95. The Bertz CT molecular complexity index is 1080. The fourth-order valence-electron chi connectivity index (χ4n) is 4.63. The Morgan fingerprint density at radius 1 is 1.14 bits per heavy atom. The highest BCUT2D eigenvalue weighted by Gasteiger charge is 2.34. The summed E-state index contributed by atoms with van der Waals surface area (Å²) >= 11 is 0. The average Bonchev–Trinajstić information content (AvgIpc) is 3.73. The smallest absolute Gasteiger partial charge is 0.253 e. The van der Waals surface area contributed by atoms with Gasteiger partial charge in [0, 0.05) is 45.8 Å². The third-order valence-electron chi connectivity index (χ3n) is 7.31. The van der Waals surface area contributed by atoms with Crippen LogP contribution in [0, 0.1) is 11.8 Å². The average molecular weight is 518 g/mol. The number of rotatable bonds is 17. The molecule has 0 bridgehead atoms. The van der Waals surface area contributed by atoms with Gasteiger partial charge in [-0.2, -0.15) is 0 Å². The zero-order chi connectivity index (χ0) is 27.1. The molecule has 1 aliphatic carbocycles. The number of benzene rings is 1. The van der Waals surface area contributed by atoms with Crippen molar-refractivity contribution in [3.05, 3.63) is 44.2 Å². The van der Waals surface area contributed by atoms with Gasteiger partial charge in [0.2, 0.25) is 0 Å². The van der Waals surface area contributed by atoms with Gasteiger partial charge in [0.05, 0.1) is 19.8 Å². The molecule has 2 aromatic rings. The zero-order valence-electron chi connectivity index (χ0n) is 22.8. The van der Waals surface area contributed by atoms with Crippen LogP contribution in [0.2, 0.25) is 0 Å². The van der Waals surface area contributed by atoms with Crippen LogP contribution in [-0.2, 0) is 11.2 Å². The molecule has 1 saturated carbocycles. The highest BCUT2D eigenvalue weighted by atomic mass is 16.5. The third kappa shape index (κ3) is 7.46. The first-order chi connectivity index (χ1) is 17.7. The highest BCUT2D eigenvalue weighted by Crippen LogP contribution is 2.33. The molecule has 206 valence electrons. The number of anilines is 2. The minimum atomic E-state index is -0.861. The Morgan fingerprint density at radius 3 is 2.49 bits per heavy atom. The summed E-state index contributed by atoms with van der Waals surface area (Å²) in [5.41, 5.74) is 7.26. The van der Waals surface area contributed by atoms with Gasteiger partial charge in [-0.05, 0) is 55.2 Å². The molecule has 3 rings (SSSR count). The Labute approximate surface area is 219 Å². The second-order valence-corrected chi connectivity index (χ2v) is 10.5. The van der Waals surface area contributed by atoms with Gasteiger partial charge in [0.25, 0.3) is 10.9 Å². The number of nitrogens with two attached hydrogens (primary N) is 1. The topological polar surface area (TPSA) is 123 Å². The number of aliphatic hydroxyl groups is 1. The standard InChI is InChI=1S/C28H43N3O6/c1-17(2)19(13-18-7-10-23(36-5)24(14-18)37-12-6-11-35-4)15-21(29)22(32)16-30-25-26(28(34)27(25)33)31(3)20-8-9-20/h7,10,14,17,19-22,30,32H,6,8-9,11-13,15-16,29H2,1-5H3/t19-,21-,22-/m0/s1. The van der Waals surface area contributed by atoms with E-state index in [0.29, 0.717) is 54.5 Å². The van der Waals surface area contributed by atoms with Crippen LogP contribution in [0.4, 0.5) is 11.4 Å². The number of aliphatic hydroxyl groups excluding tert-OH is 1. The van der Waals surface area contributed by atoms with E-state index in [-0.39, 0.29) is 12.5 Å². The van der Waals surface area contributed by atoms with Crippen LogP contribution in [-0.4, -0.2) is 64.3 Å². The number of ether oxygens (including phenoxy) is 3. The second-order valence-electron chi connectivity index (χ2n) is 10.5. The molecule has 0 unspecified atom stereocenters. The highest BCUT2D eigenvalue weighted by molar-refractivity contribution is 5.75. The van der Waals surface area contributed by atoms with E-state index in [2.05, 4.69) is 19.2 Å². The van der Waals surface area contributed by atoms with Crippen LogP contribution in [0.3, 0.4) is 0 Å². The van der Waals surface area contributed by atoms with Crippen LogP contribution in [0.1, 0.15) is 45.1 Å². The van der Waals surface area contributed by atoms with Crippen LogP contribution in [0.5, 0.6) is 11.5 Å². The summed E-state index contributed by atoms with van der Waals surface area (Å²) in [6, 6.07) is 5.78. The van der Waals surface area contributed by atoms with E-state index in [9.17, 15) is 14.7 Å². The molecule has 4 N–H and O–H groups in total. The van der Waals surface area contributed by atoms with Crippen molar-refractivity contribution >= 4 is 11.4 Å². The van der Waals surface area contributed by atoms with Gasteiger partial charge in [-0.25, -0.2) is 0 Å². The predicted octanol–water partition coefficient (Wildman–Crippen LogP) is 2.31. The molecular weight excluding hydrogens is 474 g/mol. The molecule has 9 heteroatoms. The summed E-state index contributed by atoms with van der Waals surface area (Å²) in [4.78, 5) is 26.1. The SMILES string of the molecule is COCCCOc1cc(C[C@@H](C[C@H](N)[C@@H](O)CNc2c(N(C)C3CC3)c(=O)c2=O)C(C)C)ccc1OC. The van der Waals surface area contributed by atoms with Gasteiger partial charge in [0.1, 0.15) is 11.4 Å². The van der Waals surface area contributed by atoms with E-state index < -0.39 is 23.0 Å². The van der Waals surface area contributed by atoms with Crippen LogP contribution < -0.4 is 36.3 Å². The molecule has 9 nitrogen and oxygen atoms in total. The van der Waals surface area contributed by atoms with E-state index in [1.165, 1.54) is 0 Å². The maximum atomic E-state index is 12.1.